The van der Waals surface area contributed by atoms with E-state index in [1.54, 1.807) is 18.0 Å². The Kier molecular flexibility index (Phi) is 5.71. The van der Waals surface area contributed by atoms with Gasteiger partial charge in [-0.25, -0.2) is 4.79 Å². The van der Waals surface area contributed by atoms with Crippen molar-refractivity contribution in [3.8, 4) is 11.5 Å². The summed E-state index contributed by atoms with van der Waals surface area (Å²) in [5.74, 6) is 1.18. The molecule has 7 heteroatoms. The lowest BCUT2D eigenvalue weighted by Crippen LogP contribution is -2.36. The largest absolute Gasteiger partial charge is 0.486 e. The van der Waals surface area contributed by atoms with Crippen LogP contribution in [-0.4, -0.2) is 31.2 Å². The number of hydrogen-bond acceptors (Lipinski definition) is 3. The number of fused-ring (bicyclic) bond motifs is 1. The van der Waals surface area contributed by atoms with E-state index >= 15 is 0 Å². The minimum absolute atomic E-state index is 0.165. The zero-order chi connectivity index (χ0) is 17.8. The number of nitrogens with zero attached hydrogens (tertiary/aromatic N) is 1. The van der Waals surface area contributed by atoms with Gasteiger partial charge in [0.1, 0.15) is 13.2 Å². The van der Waals surface area contributed by atoms with Crippen LogP contribution in [0.15, 0.2) is 40.9 Å². The quantitative estimate of drug-likeness (QED) is 0.798. The molecule has 0 aliphatic carbocycles. The molecular formula is C18H18BrClN2O3. The van der Waals surface area contributed by atoms with Crippen molar-refractivity contribution in [2.24, 2.45) is 0 Å². The van der Waals surface area contributed by atoms with Crippen molar-refractivity contribution < 1.29 is 14.3 Å². The molecule has 25 heavy (non-hydrogen) atoms. The molecule has 0 radical (unpaired) electrons. The van der Waals surface area contributed by atoms with E-state index in [-0.39, 0.29) is 6.03 Å². The van der Waals surface area contributed by atoms with Gasteiger partial charge in [0.15, 0.2) is 11.5 Å². The molecule has 0 saturated carbocycles. The summed E-state index contributed by atoms with van der Waals surface area (Å²) in [6, 6.07) is 11.3. The van der Waals surface area contributed by atoms with E-state index in [4.69, 9.17) is 21.1 Å². The lowest BCUT2D eigenvalue weighted by molar-refractivity contribution is 0.171. The molecule has 132 valence electrons. The summed E-state index contributed by atoms with van der Waals surface area (Å²) in [6.07, 6.45) is 0. The average molecular weight is 426 g/mol. The van der Waals surface area contributed by atoms with Crippen LogP contribution < -0.4 is 14.8 Å². The van der Waals surface area contributed by atoms with E-state index in [0.717, 1.165) is 15.6 Å². The van der Waals surface area contributed by atoms with Crippen LogP contribution in [0.4, 0.5) is 4.79 Å². The first-order chi connectivity index (χ1) is 12.0. The monoisotopic (exact) mass is 424 g/mol. The Balaban J connectivity index is 1.60. The Bertz CT molecular complexity index is 785. The standard InChI is InChI=1S/C18H18BrClN2O3/c1-22(11-13-4-2-3-5-14(13)19)18(23)21-10-12-8-15(20)17-16(9-12)24-6-7-25-17/h2-5,8-9H,6-7,10-11H2,1H3,(H,21,23). The van der Waals surface area contributed by atoms with Crippen molar-refractivity contribution >= 4 is 33.6 Å². The second-order valence-electron chi connectivity index (χ2n) is 5.71. The normalized spacial score (nSPS) is 12.6. The van der Waals surface area contributed by atoms with Crippen LogP contribution >= 0.6 is 27.5 Å². The molecule has 3 rings (SSSR count). The second-order valence-corrected chi connectivity index (χ2v) is 6.97. The lowest BCUT2D eigenvalue weighted by Gasteiger charge is -2.21. The molecule has 0 bridgehead atoms. The maximum Gasteiger partial charge on any atom is 0.317 e. The third-order valence-electron chi connectivity index (χ3n) is 3.81. The molecule has 0 spiro atoms. The third kappa shape index (κ3) is 4.38. The molecule has 2 aromatic carbocycles. The van der Waals surface area contributed by atoms with Gasteiger partial charge in [0.05, 0.1) is 5.02 Å². The first-order valence-electron chi connectivity index (χ1n) is 7.85. The Morgan fingerprint density at radius 2 is 2.04 bits per heavy atom. The maximum absolute atomic E-state index is 12.3. The van der Waals surface area contributed by atoms with Crippen LogP contribution in [-0.2, 0) is 13.1 Å². The Morgan fingerprint density at radius 3 is 2.84 bits per heavy atom. The maximum atomic E-state index is 12.3. The third-order valence-corrected chi connectivity index (χ3v) is 4.87. The molecule has 0 unspecified atom stereocenters. The molecule has 1 heterocycles. The minimum Gasteiger partial charge on any atom is -0.486 e. The van der Waals surface area contributed by atoms with Gasteiger partial charge >= 0.3 is 6.03 Å². The molecule has 0 saturated heterocycles. The summed E-state index contributed by atoms with van der Waals surface area (Å²) in [4.78, 5) is 13.9. The first kappa shape index (κ1) is 17.9. The number of carbonyl (C=O) groups is 1. The average Bonchev–Trinajstić information content (AvgIpc) is 2.61. The summed E-state index contributed by atoms with van der Waals surface area (Å²) in [5, 5.41) is 3.38. The van der Waals surface area contributed by atoms with E-state index in [1.165, 1.54) is 0 Å². The first-order valence-corrected chi connectivity index (χ1v) is 9.02. The van der Waals surface area contributed by atoms with Gasteiger partial charge in [-0.05, 0) is 29.3 Å². The summed E-state index contributed by atoms with van der Waals surface area (Å²) < 4.78 is 12.0. The molecule has 2 aromatic rings. The number of amides is 2. The fourth-order valence-electron chi connectivity index (χ4n) is 2.53. The fourth-order valence-corrected chi connectivity index (χ4v) is 3.23. The number of carbonyl (C=O) groups excluding carboxylic acids is 1. The van der Waals surface area contributed by atoms with Crippen LogP contribution in [0.2, 0.25) is 5.02 Å². The van der Waals surface area contributed by atoms with Crippen molar-refractivity contribution in [3.05, 3.63) is 57.0 Å². The topological polar surface area (TPSA) is 50.8 Å². The predicted octanol–water partition coefficient (Wildman–Crippen LogP) is 4.22. The molecule has 1 aliphatic heterocycles. The van der Waals surface area contributed by atoms with Gasteiger partial charge in [-0.3, -0.25) is 0 Å². The number of halogens is 2. The zero-order valence-corrected chi connectivity index (χ0v) is 16.1. The van der Waals surface area contributed by atoms with Crippen molar-refractivity contribution in [1.29, 1.82) is 0 Å². The number of rotatable bonds is 4. The van der Waals surface area contributed by atoms with Crippen molar-refractivity contribution in [3.63, 3.8) is 0 Å². The molecule has 0 atom stereocenters. The van der Waals surface area contributed by atoms with Crippen LogP contribution in [0.3, 0.4) is 0 Å². The highest BCUT2D eigenvalue weighted by atomic mass is 79.9. The van der Waals surface area contributed by atoms with E-state index in [2.05, 4.69) is 21.2 Å². The van der Waals surface area contributed by atoms with Crippen molar-refractivity contribution in [2.75, 3.05) is 20.3 Å². The van der Waals surface area contributed by atoms with Gasteiger partial charge in [-0.1, -0.05) is 45.7 Å². The molecule has 1 N–H and O–H groups in total. The van der Waals surface area contributed by atoms with Gasteiger partial charge in [0.2, 0.25) is 0 Å². The van der Waals surface area contributed by atoms with Gasteiger partial charge in [0, 0.05) is 24.6 Å². The van der Waals surface area contributed by atoms with Crippen molar-refractivity contribution in [1.82, 2.24) is 10.2 Å². The van der Waals surface area contributed by atoms with E-state index in [1.807, 2.05) is 30.3 Å². The number of benzene rings is 2. The molecule has 1 aliphatic rings. The van der Waals surface area contributed by atoms with E-state index in [9.17, 15) is 4.79 Å². The second kappa shape index (κ2) is 7.97. The number of urea groups is 1. The van der Waals surface area contributed by atoms with Crippen LogP contribution in [0, 0.1) is 0 Å². The molecular weight excluding hydrogens is 408 g/mol. The molecule has 0 fully saturated rings. The zero-order valence-electron chi connectivity index (χ0n) is 13.7. The minimum atomic E-state index is -0.165. The Labute approximate surface area is 160 Å². The SMILES string of the molecule is CN(Cc1ccccc1Br)C(=O)NCc1cc(Cl)c2c(c1)OCCO2. The van der Waals surface area contributed by atoms with E-state index < -0.39 is 0 Å². The van der Waals surface area contributed by atoms with Crippen LogP contribution in [0.5, 0.6) is 11.5 Å². The predicted molar refractivity (Wildman–Crippen MR) is 100 cm³/mol. The highest BCUT2D eigenvalue weighted by molar-refractivity contribution is 9.10. The lowest BCUT2D eigenvalue weighted by atomic mass is 10.2. The number of hydrogen-bond donors (Lipinski definition) is 1. The number of ether oxygens (including phenoxy) is 2. The summed E-state index contributed by atoms with van der Waals surface area (Å²) in [7, 11) is 1.76. The van der Waals surface area contributed by atoms with E-state index in [0.29, 0.717) is 42.8 Å². The van der Waals surface area contributed by atoms with Gasteiger partial charge in [-0.2, -0.15) is 0 Å². The highest BCUT2D eigenvalue weighted by Crippen LogP contribution is 2.38. The molecule has 0 aromatic heterocycles. The highest BCUT2D eigenvalue weighted by Gasteiger charge is 2.17. The molecule has 5 nitrogen and oxygen atoms in total. The van der Waals surface area contributed by atoms with Gasteiger partial charge in [-0.15, -0.1) is 0 Å². The Hall–Kier alpha value is -1.92. The molecule has 2 amide bonds. The van der Waals surface area contributed by atoms with Crippen molar-refractivity contribution in [2.45, 2.75) is 13.1 Å². The van der Waals surface area contributed by atoms with Crippen LogP contribution in [0.1, 0.15) is 11.1 Å². The van der Waals surface area contributed by atoms with Gasteiger partial charge in [0.25, 0.3) is 0 Å². The number of nitrogens with one attached hydrogen (secondary N) is 1. The van der Waals surface area contributed by atoms with Gasteiger partial charge < -0.3 is 19.7 Å². The summed E-state index contributed by atoms with van der Waals surface area (Å²) >= 11 is 9.71. The fraction of sp³-hybridized carbons (Fsp3) is 0.278. The Morgan fingerprint density at radius 1 is 1.28 bits per heavy atom. The smallest absolute Gasteiger partial charge is 0.317 e. The summed E-state index contributed by atoms with van der Waals surface area (Å²) in [5.41, 5.74) is 1.90. The summed E-state index contributed by atoms with van der Waals surface area (Å²) in [6.45, 7) is 1.85. The van der Waals surface area contributed by atoms with Crippen LogP contribution in [0.25, 0.3) is 0 Å².